The molecule has 0 rings (SSSR count). The zero-order chi connectivity index (χ0) is 44.5. The molecule has 0 radical (unpaired) electrons. The summed E-state index contributed by atoms with van der Waals surface area (Å²) >= 11 is 0. The number of nitrogens with one attached hydrogen (secondary N) is 1. The lowest BCUT2D eigenvalue weighted by Crippen LogP contribution is -2.53. The number of carbonyl (C=O) groups excluding carboxylic acids is 1. The fourth-order valence-electron chi connectivity index (χ4n) is 8.87. The number of hydrogen-bond acceptors (Lipinski definition) is 5. The van der Waals surface area contributed by atoms with Crippen LogP contribution in [-0.4, -0.2) is 57.3 Å². The molecule has 1 amide bonds. The molecule has 6 heteroatoms. The van der Waals surface area contributed by atoms with Crippen LogP contribution in [-0.2, 0) is 4.79 Å². The number of hydrogen-bond donors (Lipinski definition) is 5. The molecule has 6 nitrogen and oxygen atoms in total. The highest BCUT2D eigenvalue weighted by molar-refractivity contribution is 5.80. The molecule has 0 aromatic rings. The lowest BCUT2D eigenvalue weighted by atomic mass is 9.99. The van der Waals surface area contributed by atoms with Crippen molar-refractivity contribution in [2.24, 2.45) is 0 Å². The van der Waals surface area contributed by atoms with Gasteiger partial charge in [0.25, 0.3) is 0 Å². The molecule has 0 aromatic heterocycles. The summed E-state index contributed by atoms with van der Waals surface area (Å²) in [7, 11) is 0. The first kappa shape index (κ1) is 60.1. The van der Waals surface area contributed by atoms with Gasteiger partial charge in [-0.25, -0.2) is 0 Å². The van der Waals surface area contributed by atoms with Gasteiger partial charge in [0.1, 0.15) is 12.2 Å². The van der Waals surface area contributed by atoms with Crippen LogP contribution < -0.4 is 5.32 Å². The number of unbranched alkanes of at least 4 members (excludes halogenated alkanes) is 40. The normalized spacial score (nSPS) is 13.9. The van der Waals surface area contributed by atoms with Crippen LogP contribution in [0.4, 0.5) is 0 Å². The second-order valence-corrected chi connectivity index (χ2v) is 19.3. The average molecular weight is 864 g/mol. The summed E-state index contributed by atoms with van der Waals surface area (Å²) in [5.74, 6) is -0.583. The van der Waals surface area contributed by atoms with E-state index in [2.05, 4.69) is 31.3 Å². The van der Waals surface area contributed by atoms with Gasteiger partial charge in [0.05, 0.1) is 18.8 Å². The SMILES string of the molecule is CCCCCCCCCCCCCC/C=C\CCCCCCCCC(O)C(=O)NC(CO)C(O)C(O)CCCCCCCCCCCCCCCCCCCCCCCCC. The second kappa shape index (κ2) is 50.1. The first-order valence-corrected chi connectivity index (χ1v) is 27.6. The van der Waals surface area contributed by atoms with E-state index < -0.39 is 36.9 Å². The van der Waals surface area contributed by atoms with E-state index in [9.17, 15) is 25.2 Å². The lowest BCUT2D eigenvalue weighted by molar-refractivity contribution is -0.132. The van der Waals surface area contributed by atoms with Gasteiger partial charge < -0.3 is 25.7 Å². The number of amides is 1. The van der Waals surface area contributed by atoms with E-state index in [-0.39, 0.29) is 0 Å². The van der Waals surface area contributed by atoms with Crippen LogP contribution in [0.2, 0.25) is 0 Å². The molecule has 0 aliphatic heterocycles. The number of allylic oxidation sites excluding steroid dienone is 2. The van der Waals surface area contributed by atoms with Crippen LogP contribution in [0.3, 0.4) is 0 Å². The highest BCUT2D eigenvalue weighted by Gasteiger charge is 2.28. The van der Waals surface area contributed by atoms with Gasteiger partial charge in [-0.3, -0.25) is 4.79 Å². The van der Waals surface area contributed by atoms with Crippen molar-refractivity contribution in [2.45, 2.75) is 327 Å². The predicted octanol–water partition coefficient (Wildman–Crippen LogP) is 15.7. The lowest BCUT2D eigenvalue weighted by Gasteiger charge is -2.27. The first-order valence-electron chi connectivity index (χ1n) is 27.6. The minimum Gasteiger partial charge on any atom is -0.394 e. The molecule has 0 aliphatic rings. The molecule has 0 saturated carbocycles. The Kier molecular flexibility index (Phi) is 49.3. The van der Waals surface area contributed by atoms with Crippen LogP contribution in [0, 0.1) is 0 Å². The molecule has 0 saturated heterocycles. The molecule has 5 N–H and O–H groups in total. The van der Waals surface area contributed by atoms with Crippen molar-refractivity contribution in [1.29, 1.82) is 0 Å². The standard InChI is InChI=1S/C55H109NO5/c1-3-5-7-9-11-13-15-17-19-21-23-25-27-29-30-32-34-36-38-40-42-44-46-48-52(58)54(60)51(50-57)56-55(61)53(59)49-47-45-43-41-39-37-35-33-31-28-26-24-22-20-18-16-14-12-10-8-6-4-2/h31,33,51-54,57-60H,3-30,32,34-50H2,1-2H3,(H,56,61)/b33-31-. The van der Waals surface area contributed by atoms with E-state index in [1.165, 1.54) is 231 Å². The highest BCUT2D eigenvalue weighted by atomic mass is 16.3. The van der Waals surface area contributed by atoms with E-state index in [1.54, 1.807) is 0 Å². The molecular formula is C55H109NO5. The zero-order valence-electron chi connectivity index (χ0n) is 41.2. The van der Waals surface area contributed by atoms with Crippen LogP contribution in [0.5, 0.6) is 0 Å². The largest absolute Gasteiger partial charge is 0.394 e. The minimum atomic E-state index is -1.26. The van der Waals surface area contributed by atoms with Gasteiger partial charge in [0, 0.05) is 0 Å². The summed E-state index contributed by atoms with van der Waals surface area (Å²) in [6.07, 6.45) is 58.4. The number of carbonyl (C=O) groups is 1. The molecule has 0 heterocycles. The fraction of sp³-hybridized carbons (Fsp3) is 0.945. The van der Waals surface area contributed by atoms with E-state index >= 15 is 0 Å². The first-order chi connectivity index (χ1) is 30.0. The maximum atomic E-state index is 12.6. The van der Waals surface area contributed by atoms with Gasteiger partial charge in [-0.2, -0.15) is 0 Å². The topological polar surface area (TPSA) is 110 Å². The van der Waals surface area contributed by atoms with Crippen LogP contribution in [0.1, 0.15) is 303 Å². The molecule has 4 unspecified atom stereocenters. The summed E-state index contributed by atoms with van der Waals surface area (Å²) in [6.45, 7) is 4.09. The van der Waals surface area contributed by atoms with Gasteiger partial charge in [-0.05, 0) is 38.5 Å². The number of aliphatic hydroxyl groups excluding tert-OH is 4. The Morgan fingerprint density at radius 1 is 0.393 bits per heavy atom. The predicted molar refractivity (Wildman–Crippen MR) is 265 cm³/mol. The van der Waals surface area contributed by atoms with Crippen LogP contribution >= 0.6 is 0 Å². The van der Waals surface area contributed by atoms with E-state index in [4.69, 9.17) is 0 Å². The summed E-state index contributed by atoms with van der Waals surface area (Å²) in [4.78, 5) is 12.6. The van der Waals surface area contributed by atoms with Gasteiger partial charge in [-0.15, -0.1) is 0 Å². The fourth-order valence-corrected chi connectivity index (χ4v) is 8.87. The molecule has 364 valence electrons. The van der Waals surface area contributed by atoms with Crippen molar-refractivity contribution in [1.82, 2.24) is 5.32 Å². The number of aliphatic hydroxyl groups is 4. The summed E-state index contributed by atoms with van der Waals surface area (Å²) in [5.41, 5.74) is 0. The summed E-state index contributed by atoms with van der Waals surface area (Å²) in [6, 6.07) is -0.986. The maximum absolute atomic E-state index is 12.6. The van der Waals surface area contributed by atoms with Gasteiger partial charge in [0.15, 0.2) is 0 Å². The molecule has 0 aromatic carbocycles. The molecule has 0 bridgehead atoms. The van der Waals surface area contributed by atoms with Crippen molar-refractivity contribution >= 4 is 5.91 Å². The number of rotatable bonds is 51. The average Bonchev–Trinajstić information content (AvgIpc) is 3.26. The maximum Gasteiger partial charge on any atom is 0.249 e. The van der Waals surface area contributed by atoms with E-state index in [0.29, 0.717) is 12.8 Å². The van der Waals surface area contributed by atoms with Crippen molar-refractivity contribution in [3.8, 4) is 0 Å². The van der Waals surface area contributed by atoms with Gasteiger partial charge in [0.2, 0.25) is 5.91 Å². The monoisotopic (exact) mass is 864 g/mol. The Bertz CT molecular complexity index is 882. The Morgan fingerprint density at radius 3 is 0.951 bits per heavy atom. The molecule has 61 heavy (non-hydrogen) atoms. The Hall–Kier alpha value is -0.950. The third kappa shape index (κ3) is 44.1. The zero-order valence-corrected chi connectivity index (χ0v) is 41.2. The highest BCUT2D eigenvalue weighted by Crippen LogP contribution is 2.18. The quantitative estimate of drug-likeness (QED) is 0.0309. The van der Waals surface area contributed by atoms with Crippen molar-refractivity contribution in [3.63, 3.8) is 0 Å². The van der Waals surface area contributed by atoms with Crippen LogP contribution in [0.25, 0.3) is 0 Å². The van der Waals surface area contributed by atoms with Gasteiger partial charge in [-0.1, -0.05) is 276 Å². The smallest absolute Gasteiger partial charge is 0.249 e. The second-order valence-electron chi connectivity index (χ2n) is 19.3. The van der Waals surface area contributed by atoms with Crippen molar-refractivity contribution < 1.29 is 25.2 Å². The molecule has 0 spiro atoms. The Balaban J connectivity index is 3.63. The third-order valence-electron chi connectivity index (χ3n) is 13.2. The molecular weight excluding hydrogens is 755 g/mol. The minimum absolute atomic E-state index is 0.365. The van der Waals surface area contributed by atoms with Crippen molar-refractivity contribution in [3.05, 3.63) is 12.2 Å². The van der Waals surface area contributed by atoms with E-state index in [1.807, 2.05) is 0 Å². The Labute approximate surface area is 381 Å². The van der Waals surface area contributed by atoms with Crippen LogP contribution in [0.15, 0.2) is 12.2 Å². The Morgan fingerprint density at radius 2 is 0.656 bits per heavy atom. The third-order valence-corrected chi connectivity index (χ3v) is 13.2. The molecule has 4 atom stereocenters. The summed E-state index contributed by atoms with van der Waals surface area (Å²) < 4.78 is 0. The van der Waals surface area contributed by atoms with E-state index in [0.717, 1.165) is 44.9 Å². The molecule has 0 aliphatic carbocycles. The van der Waals surface area contributed by atoms with Crippen molar-refractivity contribution in [2.75, 3.05) is 6.61 Å². The van der Waals surface area contributed by atoms with Gasteiger partial charge >= 0.3 is 0 Å². The molecule has 0 fully saturated rings. The summed E-state index contributed by atoms with van der Waals surface area (Å²) in [5, 5.41) is 44.0.